The van der Waals surface area contributed by atoms with E-state index in [1.165, 1.54) is 5.56 Å². The Morgan fingerprint density at radius 2 is 2.11 bits per heavy atom. The molecule has 5 heteroatoms. The lowest BCUT2D eigenvalue weighted by atomic mass is 10.1. The normalized spacial score (nSPS) is 17.9. The van der Waals surface area contributed by atoms with Gasteiger partial charge in [0.25, 0.3) is 0 Å². The molecule has 1 unspecified atom stereocenters. The zero-order valence-corrected chi connectivity index (χ0v) is 11.1. The molecule has 2 rings (SSSR count). The van der Waals surface area contributed by atoms with Gasteiger partial charge in [-0.25, -0.2) is 4.79 Å². The van der Waals surface area contributed by atoms with Crippen LogP contribution in [0.4, 0.5) is 4.79 Å². The third-order valence-electron chi connectivity index (χ3n) is 2.94. The fraction of sp³-hybridized carbons (Fsp3) is 0.462. The summed E-state index contributed by atoms with van der Waals surface area (Å²) in [5, 5.41) is 9.05. The Hall–Kier alpha value is -1.26. The van der Waals surface area contributed by atoms with E-state index in [-0.39, 0.29) is 24.5 Å². The number of nitrogens with one attached hydrogen (secondary N) is 3. The van der Waals surface area contributed by atoms with Crippen LogP contribution in [-0.2, 0) is 6.42 Å². The second-order valence-corrected chi connectivity index (χ2v) is 4.33. The summed E-state index contributed by atoms with van der Waals surface area (Å²) in [5.74, 6) is 0. The van der Waals surface area contributed by atoms with E-state index in [4.69, 9.17) is 0 Å². The average Bonchev–Trinajstić information content (AvgIpc) is 2.83. The van der Waals surface area contributed by atoms with Crippen molar-refractivity contribution in [1.29, 1.82) is 0 Å². The second-order valence-electron chi connectivity index (χ2n) is 4.33. The van der Waals surface area contributed by atoms with Crippen LogP contribution in [0, 0.1) is 0 Å². The smallest absolute Gasteiger partial charge is 0.315 e. The van der Waals surface area contributed by atoms with Crippen LogP contribution in [0.2, 0.25) is 0 Å². The van der Waals surface area contributed by atoms with Gasteiger partial charge in [0.2, 0.25) is 0 Å². The summed E-state index contributed by atoms with van der Waals surface area (Å²) in [6.45, 7) is 2.55. The molecule has 0 aliphatic carbocycles. The fourth-order valence-electron chi connectivity index (χ4n) is 1.98. The molecule has 0 spiro atoms. The summed E-state index contributed by atoms with van der Waals surface area (Å²) in [5.41, 5.74) is 1.25. The number of benzene rings is 1. The largest absolute Gasteiger partial charge is 0.338 e. The minimum atomic E-state index is -0.0605. The molecule has 0 bridgehead atoms. The molecule has 1 atom stereocenters. The maximum Gasteiger partial charge on any atom is 0.315 e. The van der Waals surface area contributed by atoms with Gasteiger partial charge in [0.1, 0.15) is 0 Å². The van der Waals surface area contributed by atoms with Crippen molar-refractivity contribution in [3.05, 3.63) is 35.9 Å². The van der Waals surface area contributed by atoms with Crippen LogP contribution >= 0.6 is 12.4 Å². The Kier molecular flexibility index (Phi) is 6.54. The van der Waals surface area contributed by atoms with E-state index in [1.54, 1.807) is 0 Å². The lowest BCUT2D eigenvalue weighted by molar-refractivity contribution is 0.238. The molecule has 3 N–H and O–H groups in total. The lowest BCUT2D eigenvalue weighted by Crippen LogP contribution is -2.43. The maximum atomic E-state index is 11.5. The Balaban J connectivity index is 0.00000162. The molecule has 0 radical (unpaired) electrons. The summed E-state index contributed by atoms with van der Waals surface area (Å²) in [6.07, 6.45) is 1.89. The molecule has 1 aliphatic heterocycles. The second kappa shape index (κ2) is 7.95. The van der Waals surface area contributed by atoms with Crippen LogP contribution in [0.15, 0.2) is 30.3 Å². The van der Waals surface area contributed by atoms with Crippen molar-refractivity contribution in [2.24, 2.45) is 0 Å². The van der Waals surface area contributed by atoms with E-state index in [0.717, 1.165) is 25.9 Å². The average molecular weight is 270 g/mol. The highest BCUT2D eigenvalue weighted by Gasteiger charge is 2.15. The van der Waals surface area contributed by atoms with Crippen molar-refractivity contribution in [2.75, 3.05) is 19.6 Å². The molecule has 1 aromatic rings. The fourth-order valence-corrected chi connectivity index (χ4v) is 1.98. The molecule has 1 fully saturated rings. The van der Waals surface area contributed by atoms with E-state index in [9.17, 15) is 4.79 Å². The Morgan fingerprint density at radius 1 is 1.33 bits per heavy atom. The standard InChI is InChI=1S/C13H19N3O.ClH/c17-13(16-12-7-8-14-10-12)15-9-6-11-4-2-1-3-5-11;/h1-5,12,14H,6-10H2,(H2,15,16,17);1H. The Bertz CT molecular complexity index is 353. The van der Waals surface area contributed by atoms with Gasteiger partial charge in [-0.2, -0.15) is 0 Å². The molecule has 1 heterocycles. The summed E-state index contributed by atoms with van der Waals surface area (Å²) in [4.78, 5) is 11.5. The molecule has 1 aliphatic rings. The highest BCUT2D eigenvalue weighted by Crippen LogP contribution is 1.98. The van der Waals surface area contributed by atoms with Crippen molar-refractivity contribution in [3.63, 3.8) is 0 Å². The molecule has 0 aromatic heterocycles. The summed E-state index contributed by atoms with van der Waals surface area (Å²) < 4.78 is 0. The predicted molar refractivity (Wildman–Crippen MR) is 75.2 cm³/mol. The Morgan fingerprint density at radius 3 is 2.78 bits per heavy atom. The molecule has 100 valence electrons. The zero-order chi connectivity index (χ0) is 11.9. The van der Waals surface area contributed by atoms with Gasteiger partial charge in [0, 0.05) is 19.1 Å². The topological polar surface area (TPSA) is 53.2 Å². The molecular weight excluding hydrogens is 250 g/mol. The molecule has 1 aromatic carbocycles. The van der Waals surface area contributed by atoms with Crippen LogP contribution in [0.1, 0.15) is 12.0 Å². The Labute approximate surface area is 114 Å². The number of hydrogen-bond donors (Lipinski definition) is 3. The lowest BCUT2D eigenvalue weighted by Gasteiger charge is -2.12. The number of hydrogen-bond acceptors (Lipinski definition) is 2. The quantitative estimate of drug-likeness (QED) is 0.772. The van der Waals surface area contributed by atoms with Crippen LogP contribution in [0.5, 0.6) is 0 Å². The minimum Gasteiger partial charge on any atom is -0.338 e. The van der Waals surface area contributed by atoms with Crippen LogP contribution in [-0.4, -0.2) is 31.7 Å². The summed E-state index contributed by atoms with van der Waals surface area (Å²) >= 11 is 0. The third kappa shape index (κ3) is 4.94. The van der Waals surface area contributed by atoms with Gasteiger partial charge in [-0.15, -0.1) is 12.4 Å². The first-order valence-electron chi connectivity index (χ1n) is 6.13. The number of carbonyl (C=O) groups is 1. The SMILES string of the molecule is Cl.O=C(NCCc1ccccc1)NC1CCNC1. The van der Waals surface area contributed by atoms with Crippen molar-refractivity contribution in [1.82, 2.24) is 16.0 Å². The van der Waals surface area contributed by atoms with Crippen LogP contribution in [0.25, 0.3) is 0 Å². The van der Waals surface area contributed by atoms with Crippen molar-refractivity contribution >= 4 is 18.4 Å². The first kappa shape index (κ1) is 14.8. The van der Waals surface area contributed by atoms with E-state index in [2.05, 4.69) is 28.1 Å². The number of urea groups is 1. The van der Waals surface area contributed by atoms with Gasteiger partial charge in [0.15, 0.2) is 0 Å². The minimum absolute atomic E-state index is 0. The number of rotatable bonds is 4. The first-order chi connectivity index (χ1) is 8.34. The molecule has 4 nitrogen and oxygen atoms in total. The van der Waals surface area contributed by atoms with Gasteiger partial charge in [0.05, 0.1) is 0 Å². The maximum absolute atomic E-state index is 11.5. The predicted octanol–water partition coefficient (Wildman–Crippen LogP) is 1.31. The highest BCUT2D eigenvalue weighted by atomic mass is 35.5. The van der Waals surface area contributed by atoms with Gasteiger partial charge in [-0.1, -0.05) is 30.3 Å². The van der Waals surface area contributed by atoms with Crippen LogP contribution in [0.3, 0.4) is 0 Å². The van der Waals surface area contributed by atoms with Gasteiger partial charge >= 0.3 is 6.03 Å². The summed E-state index contributed by atoms with van der Waals surface area (Å²) in [6, 6.07) is 10.4. The number of amides is 2. The number of halogens is 1. The van der Waals surface area contributed by atoms with Crippen molar-refractivity contribution in [2.45, 2.75) is 18.9 Å². The molecule has 2 amide bonds. The molecule has 18 heavy (non-hydrogen) atoms. The third-order valence-corrected chi connectivity index (χ3v) is 2.94. The van der Waals surface area contributed by atoms with Gasteiger partial charge in [-0.3, -0.25) is 0 Å². The first-order valence-corrected chi connectivity index (χ1v) is 6.13. The van der Waals surface area contributed by atoms with Gasteiger partial charge < -0.3 is 16.0 Å². The van der Waals surface area contributed by atoms with E-state index >= 15 is 0 Å². The van der Waals surface area contributed by atoms with Gasteiger partial charge in [-0.05, 0) is 24.9 Å². The van der Waals surface area contributed by atoms with E-state index in [0.29, 0.717) is 6.54 Å². The van der Waals surface area contributed by atoms with E-state index < -0.39 is 0 Å². The molecular formula is C13H20ClN3O. The van der Waals surface area contributed by atoms with Crippen LogP contribution < -0.4 is 16.0 Å². The molecule has 1 saturated heterocycles. The van der Waals surface area contributed by atoms with Crippen molar-refractivity contribution < 1.29 is 4.79 Å². The van der Waals surface area contributed by atoms with E-state index in [1.807, 2.05) is 18.2 Å². The number of carbonyl (C=O) groups excluding carboxylic acids is 1. The monoisotopic (exact) mass is 269 g/mol. The zero-order valence-electron chi connectivity index (χ0n) is 10.3. The molecule has 0 saturated carbocycles. The summed E-state index contributed by atoms with van der Waals surface area (Å²) in [7, 11) is 0. The highest BCUT2D eigenvalue weighted by molar-refractivity contribution is 5.85. The van der Waals surface area contributed by atoms with Crippen molar-refractivity contribution in [3.8, 4) is 0 Å².